The number of anilines is 1. The van der Waals surface area contributed by atoms with Gasteiger partial charge >= 0.3 is 5.97 Å². The maximum Gasteiger partial charge on any atom is 0.304 e. The molecule has 2 rings (SSSR count). The Morgan fingerprint density at radius 2 is 1.76 bits per heavy atom. The van der Waals surface area contributed by atoms with E-state index in [1.807, 2.05) is 48.5 Å². The summed E-state index contributed by atoms with van der Waals surface area (Å²) in [6.07, 6.45) is 0.0739. The van der Waals surface area contributed by atoms with Crippen molar-refractivity contribution in [3.8, 4) is 0 Å². The number of carboxylic acids is 1. The first-order valence-corrected chi connectivity index (χ1v) is 8.35. The Kier molecular flexibility index (Phi) is 6.98. The number of carbonyl (C=O) groups is 2. The SMILES string of the molecule is CC(=O)Nc1ccc(CN(CCC(=O)O)Cc2cccc(Cl)c2)cc1. The van der Waals surface area contributed by atoms with E-state index in [1.165, 1.54) is 6.92 Å². The van der Waals surface area contributed by atoms with Crippen LogP contribution in [0.3, 0.4) is 0 Å². The number of aliphatic carboxylic acids is 1. The number of carbonyl (C=O) groups excluding carboxylic acids is 1. The highest BCUT2D eigenvalue weighted by atomic mass is 35.5. The summed E-state index contributed by atoms with van der Waals surface area (Å²) < 4.78 is 0. The fourth-order valence-corrected chi connectivity index (χ4v) is 2.73. The third-order valence-corrected chi connectivity index (χ3v) is 3.85. The topological polar surface area (TPSA) is 69.6 Å². The largest absolute Gasteiger partial charge is 0.481 e. The molecule has 132 valence electrons. The first kappa shape index (κ1) is 19.0. The molecule has 0 aromatic heterocycles. The summed E-state index contributed by atoms with van der Waals surface area (Å²) in [6, 6.07) is 15.1. The molecule has 0 aliphatic rings. The predicted molar refractivity (Wildman–Crippen MR) is 98.6 cm³/mol. The molecule has 0 atom stereocenters. The lowest BCUT2D eigenvalue weighted by molar-refractivity contribution is -0.137. The molecule has 0 radical (unpaired) electrons. The number of hydrogen-bond donors (Lipinski definition) is 2. The molecule has 0 heterocycles. The van der Waals surface area contributed by atoms with Gasteiger partial charge in [0.1, 0.15) is 0 Å². The summed E-state index contributed by atoms with van der Waals surface area (Å²) in [4.78, 5) is 24.1. The Bertz CT molecular complexity index is 732. The van der Waals surface area contributed by atoms with E-state index < -0.39 is 5.97 Å². The number of amides is 1. The van der Waals surface area contributed by atoms with Crippen molar-refractivity contribution in [2.45, 2.75) is 26.4 Å². The molecule has 2 aromatic rings. The van der Waals surface area contributed by atoms with Crippen LogP contribution in [0.1, 0.15) is 24.5 Å². The fourth-order valence-electron chi connectivity index (χ4n) is 2.52. The maximum atomic E-state index is 11.1. The quantitative estimate of drug-likeness (QED) is 0.751. The van der Waals surface area contributed by atoms with Crippen LogP contribution in [0.5, 0.6) is 0 Å². The van der Waals surface area contributed by atoms with Gasteiger partial charge in [-0.3, -0.25) is 14.5 Å². The highest BCUT2D eigenvalue weighted by Gasteiger charge is 2.10. The summed E-state index contributed by atoms with van der Waals surface area (Å²) in [5.41, 5.74) is 2.82. The molecular weight excluding hydrogens is 340 g/mol. The van der Waals surface area contributed by atoms with Crippen molar-refractivity contribution in [1.82, 2.24) is 4.90 Å². The molecule has 2 N–H and O–H groups in total. The van der Waals surface area contributed by atoms with E-state index in [0.717, 1.165) is 16.8 Å². The molecule has 25 heavy (non-hydrogen) atoms. The van der Waals surface area contributed by atoms with Gasteiger partial charge in [0.05, 0.1) is 6.42 Å². The Labute approximate surface area is 152 Å². The van der Waals surface area contributed by atoms with Crippen LogP contribution in [0.2, 0.25) is 5.02 Å². The summed E-state index contributed by atoms with van der Waals surface area (Å²) in [5, 5.41) is 12.4. The van der Waals surface area contributed by atoms with E-state index in [1.54, 1.807) is 0 Å². The van der Waals surface area contributed by atoms with Crippen molar-refractivity contribution < 1.29 is 14.7 Å². The highest BCUT2D eigenvalue weighted by Crippen LogP contribution is 2.16. The minimum absolute atomic E-state index is 0.0739. The smallest absolute Gasteiger partial charge is 0.304 e. The molecule has 2 aromatic carbocycles. The fraction of sp³-hybridized carbons (Fsp3) is 0.263. The second-order valence-electron chi connectivity index (χ2n) is 5.86. The second kappa shape index (κ2) is 9.20. The van der Waals surface area contributed by atoms with E-state index in [-0.39, 0.29) is 12.3 Å². The van der Waals surface area contributed by atoms with Gasteiger partial charge in [0.2, 0.25) is 5.91 Å². The normalized spacial score (nSPS) is 10.7. The monoisotopic (exact) mass is 360 g/mol. The first-order valence-electron chi connectivity index (χ1n) is 7.97. The molecule has 0 bridgehead atoms. The Hall–Kier alpha value is -2.37. The van der Waals surface area contributed by atoms with Crippen LogP contribution in [-0.4, -0.2) is 28.4 Å². The van der Waals surface area contributed by atoms with Crippen LogP contribution in [0.15, 0.2) is 48.5 Å². The Balaban J connectivity index is 2.06. The van der Waals surface area contributed by atoms with Crippen LogP contribution in [0.4, 0.5) is 5.69 Å². The maximum absolute atomic E-state index is 11.1. The van der Waals surface area contributed by atoms with Crippen LogP contribution in [0.25, 0.3) is 0 Å². The van der Waals surface area contributed by atoms with E-state index in [4.69, 9.17) is 16.7 Å². The van der Waals surface area contributed by atoms with Crippen molar-refractivity contribution in [2.24, 2.45) is 0 Å². The molecule has 0 aliphatic carbocycles. The van der Waals surface area contributed by atoms with Gasteiger partial charge in [-0.05, 0) is 35.4 Å². The van der Waals surface area contributed by atoms with Crippen molar-refractivity contribution in [3.05, 3.63) is 64.7 Å². The number of nitrogens with one attached hydrogen (secondary N) is 1. The van der Waals surface area contributed by atoms with Crippen molar-refractivity contribution >= 4 is 29.2 Å². The molecular formula is C19H21ClN2O3. The summed E-state index contributed by atoms with van der Waals surface area (Å²) in [7, 11) is 0. The van der Waals surface area contributed by atoms with Crippen LogP contribution >= 0.6 is 11.6 Å². The minimum Gasteiger partial charge on any atom is -0.481 e. The van der Waals surface area contributed by atoms with E-state index in [9.17, 15) is 9.59 Å². The zero-order chi connectivity index (χ0) is 18.2. The highest BCUT2D eigenvalue weighted by molar-refractivity contribution is 6.30. The molecule has 6 heteroatoms. The van der Waals surface area contributed by atoms with E-state index in [2.05, 4.69) is 10.2 Å². The minimum atomic E-state index is -0.822. The number of halogens is 1. The molecule has 0 saturated carbocycles. The van der Waals surface area contributed by atoms with Gasteiger partial charge in [-0.15, -0.1) is 0 Å². The molecule has 0 unspecified atom stereocenters. The van der Waals surface area contributed by atoms with Gasteiger partial charge < -0.3 is 10.4 Å². The van der Waals surface area contributed by atoms with E-state index >= 15 is 0 Å². The molecule has 0 saturated heterocycles. The third kappa shape index (κ3) is 6.95. The second-order valence-corrected chi connectivity index (χ2v) is 6.30. The van der Waals surface area contributed by atoms with Gasteiger partial charge in [-0.25, -0.2) is 0 Å². The van der Waals surface area contributed by atoms with Gasteiger partial charge in [0.25, 0.3) is 0 Å². The van der Waals surface area contributed by atoms with Gasteiger partial charge in [0, 0.05) is 37.3 Å². The predicted octanol–water partition coefficient (Wildman–Crippen LogP) is 3.78. The average Bonchev–Trinajstić information content (AvgIpc) is 2.54. The number of carboxylic acid groups (broad SMARTS) is 1. The lowest BCUT2D eigenvalue weighted by Gasteiger charge is -2.22. The zero-order valence-corrected chi connectivity index (χ0v) is 14.8. The van der Waals surface area contributed by atoms with E-state index in [0.29, 0.717) is 24.7 Å². The molecule has 5 nitrogen and oxygen atoms in total. The van der Waals surface area contributed by atoms with Gasteiger partial charge in [-0.1, -0.05) is 35.9 Å². The van der Waals surface area contributed by atoms with Crippen molar-refractivity contribution in [3.63, 3.8) is 0 Å². The standard InChI is InChI=1S/C19H21ClN2O3/c1-14(23)21-18-7-5-15(6-8-18)12-22(10-9-19(24)25)13-16-3-2-4-17(20)11-16/h2-8,11H,9-10,12-13H2,1H3,(H,21,23)(H,24,25). The van der Waals surface area contributed by atoms with Gasteiger partial charge in [-0.2, -0.15) is 0 Å². The molecule has 0 fully saturated rings. The Morgan fingerprint density at radius 1 is 1.08 bits per heavy atom. The number of benzene rings is 2. The molecule has 1 amide bonds. The molecule has 0 spiro atoms. The third-order valence-electron chi connectivity index (χ3n) is 3.62. The number of nitrogens with zero attached hydrogens (tertiary/aromatic N) is 1. The Morgan fingerprint density at radius 3 is 2.36 bits per heavy atom. The lowest BCUT2D eigenvalue weighted by atomic mass is 10.1. The zero-order valence-electron chi connectivity index (χ0n) is 14.0. The first-order chi connectivity index (χ1) is 11.9. The van der Waals surface area contributed by atoms with Crippen LogP contribution < -0.4 is 5.32 Å². The number of rotatable bonds is 8. The van der Waals surface area contributed by atoms with Crippen molar-refractivity contribution in [2.75, 3.05) is 11.9 Å². The van der Waals surface area contributed by atoms with Crippen molar-refractivity contribution in [1.29, 1.82) is 0 Å². The number of hydrogen-bond acceptors (Lipinski definition) is 3. The lowest BCUT2D eigenvalue weighted by Crippen LogP contribution is -2.25. The van der Waals surface area contributed by atoms with Crippen LogP contribution in [0, 0.1) is 0 Å². The van der Waals surface area contributed by atoms with Gasteiger partial charge in [0.15, 0.2) is 0 Å². The summed E-state index contributed by atoms with van der Waals surface area (Å²) in [5.74, 6) is -0.936. The summed E-state index contributed by atoms with van der Waals surface area (Å²) in [6.45, 7) is 3.13. The van der Waals surface area contributed by atoms with Crippen LogP contribution in [-0.2, 0) is 22.7 Å². The molecule has 0 aliphatic heterocycles. The average molecular weight is 361 g/mol. The summed E-state index contributed by atoms with van der Waals surface area (Å²) >= 11 is 6.03.